The lowest BCUT2D eigenvalue weighted by atomic mass is 9.74. The van der Waals surface area contributed by atoms with Gasteiger partial charge in [0.25, 0.3) is 0 Å². The quantitative estimate of drug-likeness (QED) is 0.475. The van der Waals surface area contributed by atoms with Gasteiger partial charge in [0.05, 0.1) is 0 Å². The Kier molecular flexibility index (Phi) is 6.54. The molecule has 0 fully saturated rings. The number of benzene rings is 3. The van der Waals surface area contributed by atoms with Crippen molar-refractivity contribution in [2.45, 2.75) is 24.2 Å². The van der Waals surface area contributed by atoms with Crippen molar-refractivity contribution in [2.24, 2.45) is 0 Å². The summed E-state index contributed by atoms with van der Waals surface area (Å²) in [5, 5.41) is 9.93. The van der Waals surface area contributed by atoms with E-state index < -0.39 is 23.6 Å². The standard InChI is InChI=1S/C23H21F3N2O2/c24-23(25,26)22(21(29)30,28-27-16-17-10-4-1-5-11-17)20(18-12-6-2-7-13-18)19-14-8-3-9-15-19/h1-15,20,27-28H,16H2,(H,29,30)/t22-/m1/s1. The van der Waals surface area contributed by atoms with E-state index in [-0.39, 0.29) is 17.7 Å². The van der Waals surface area contributed by atoms with E-state index in [1.54, 1.807) is 66.7 Å². The molecule has 0 unspecified atom stereocenters. The van der Waals surface area contributed by atoms with Gasteiger partial charge in [-0.15, -0.1) is 0 Å². The molecule has 0 aliphatic rings. The molecule has 0 aliphatic carbocycles. The number of carbonyl (C=O) groups is 1. The Bertz CT molecular complexity index is 911. The van der Waals surface area contributed by atoms with Crippen molar-refractivity contribution in [1.82, 2.24) is 10.9 Å². The number of alkyl halides is 3. The Morgan fingerprint density at radius 1 is 0.800 bits per heavy atom. The molecule has 0 bridgehead atoms. The second-order valence-corrected chi connectivity index (χ2v) is 6.83. The number of hydrogen-bond donors (Lipinski definition) is 3. The highest BCUT2D eigenvalue weighted by Gasteiger charge is 2.66. The molecule has 0 saturated carbocycles. The van der Waals surface area contributed by atoms with Crippen molar-refractivity contribution in [1.29, 1.82) is 0 Å². The molecule has 156 valence electrons. The van der Waals surface area contributed by atoms with Crippen LogP contribution in [0, 0.1) is 0 Å². The Balaban J connectivity index is 2.09. The summed E-state index contributed by atoms with van der Waals surface area (Å²) in [6.45, 7) is 0.0161. The minimum atomic E-state index is -5.11. The number of rotatable bonds is 8. The van der Waals surface area contributed by atoms with Gasteiger partial charge in [-0.1, -0.05) is 91.0 Å². The molecule has 0 aliphatic heterocycles. The van der Waals surface area contributed by atoms with E-state index in [1.165, 1.54) is 24.3 Å². The fourth-order valence-corrected chi connectivity index (χ4v) is 3.47. The number of halogens is 3. The molecule has 0 heterocycles. The van der Waals surface area contributed by atoms with Crippen molar-refractivity contribution in [3.8, 4) is 0 Å². The maximum absolute atomic E-state index is 14.5. The predicted octanol–water partition coefficient (Wildman–Crippen LogP) is 4.50. The van der Waals surface area contributed by atoms with Crippen LogP contribution < -0.4 is 10.9 Å². The fraction of sp³-hybridized carbons (Fsp3) is 0.174. The van der Waals surface area contributed by atoms with Gasteiger partial charge in [-0.3, -0.25) is 5.43 Å². The third-order valence-electron chi connectivity index (χ3n) is 4.90. The van der Waals surface area contributed by atoms with E-state index in [0.717, 1.165) is 0 Å². The van der Waals surface area contributed by atoms with Gasteiger partial charge in [-0.2, -0.15) is 13.2 Å². The summed E-state index contributed by atoms with van der Waals surface area (Å²) in [6, 6.07) is 24.5. The van der Waals surface area contributed by atoms with Crippen LogP contribution in [0.1, 0.15) is 22.6 Å². The Labute approximate surface area is 172 Å². The smallest absolute Gasteiger partial charge is 0.419 e. The Morgan fingerprint density at radius 2 is 1.23 bits per heavy atom. The Hall–Kier alpha value is -3.16. The molecule has 0 spiro atoms. The molecule has 0 aromatic heterocycles. The van der Waals surface area contributed by atoms with Crippen molar-refractivity contribution >= 4 is 5.97 Å². The van der Waals surface area contributed by atoms with Gasteiger partial charge in [0.1, 0.15) is 0 Å². The van der Waals surface area contributed by atoms with E-state index in [2.05, 4.69) is 10.9 Å². The van der Waals surface area contributed by atoms with Crippen LogP contribution in [0.15, 0.2) is 91.0 Å². The first-order valence-corrected chi connectivity index (χ1v) is 9.30. The second kappa shape index (κ2) is 9.11. The van der Waals surface area contributed by atoms with Crippen LogP contribution in [-0.4, -0.2) is 22.8 Å². The predicted molar refractivity (Wildman–Crippen MR) is 108 cm³/mol. The lowest BCUT2D eigenvalue weighted by molar-refractivity contribution is -0.216. The molecular weight excluding hydrogens is 393 g/mol. The molecule has 30 heavy (non-hydrogen) atoms. The number of hydrogen-bond acceptors (Lipinski definition) is 3. The molecule has 0 amide bonds. The zero-order chi connectivity index (χ0) is 21.6. The van der Waals surface area contributed by atoms with Gasteiger partial charge in [-0.05, 0) is 16.7 Å². The average Bonchev–Trinajstić information content (AvgIpc) is 2.74. The maximum atomic E-state index is 14.5. The van der Waals surface area contributed by atoms with Gasteiger partial charge in [-0.25, -0.2) is 10.2 Å². The van der Waals surface area contributed by atoms with Crippen LogP contribution in [0.3, 0.4) is 0 Å². The lowest BCUT2D eigenvalue weighted by Gasteiger charge is -2.40. The molecule has 3 N–H and O–H groups in total. The molecule has 1 atom stereocenters. The highest BCUT2D eigenvalue weighted by atomic mass is 19.4. The van der Waals surface area contributed by atoms with Crippen molar-refractivity contribution in [3.05, 3.63) is 108 Å². The third-order valence-corrected chi connectivity index (χ3v) is 4.90. The Morgan fingerprint density at radius 3 is 1.63 bits per heavy atom. The summed E-state index contributed by atoms with van der Waals surface area (Å²) in [5.74, 6) is -3.55. The highest BCUT2D eigenvalue weighted by molar-refractivity contribution is 5.83. The summed E-state index contributed by atoms with van der Waals surface area (Å²) in [5.41, 5.74) is 2.52. The lowest BCUT2D eigenvalue weighted by Crippen LogP contribution is -2.69. The summed E-state index contributed by atoms with van der Waals surface area (Å²) in [6.07, 6.45) is -5.11. The van der Waals surface area contributed by atoms with E-state index in [9.17, 15) is 23.1 Å². The van der Waals surface area contributed by atoms with Crippen molar-refractivity contribution in [3.63, 3.8) is 0 Å². The number of nitrogens with one attached hydrogen (secondary N) is 2. The minimum Gasteiger partial charge on any atom is -0.480 e. The average molecular weight is 414 g/mol. The molecule has 0 radical (unpaired) electrons. The molecular formula is C23H21F3N2O2. The van der Waals surface area contributed by atoms with E-state index >= 15 is 0 Å². The van der Waals surface area contributed by atoms with Crippen LogP contribution in [0.5, 0.6) is 0 Å². The van der Waals surface area contributed by atoms with Crippen molar-refractivity contribution < 1.29 is 23.1 Å². The van der Waals surface area contributed by atoms with Gasteiger partial charge >= 0.3 is 12.1 Å². The topological polar surface area (TPSA) is 61.4 Å². The summed E-state index contributed by atoms with van der Waals surface area (Å²) < 4.78 is 43.5. The first-order valence-electron chi connectivity index (χ1n) is 9.30. The van der Waals surface area contributed by atoms with Crippen LogP contribution in [0.2, 0.25) is 0 Å². The molecule has 0 saturated heterocycles. The first kappa shape index (κ1) is 21.5. The highest BCUT2D eigenvalue weighted by Crippen LogP contribution is 2.45. The van der Waals surface area contributed by atoms with E-state index in [4.69, 9.17) is 0 Å². The van der Waals surface area contributed by atoms with Crippen LogP contribution in [-0.2, 0) is 11.3 Å². The molecule has 3 rings (SSSR count). The number of carboxylic acid groups (broad SMARTS) is 1. The first-order chi connectivity index (χ1) is 14.4. The minimum absolute atomic E-state index is 0.0161. The third kappa shape index (κ3) is 4.37. The maximum Gasteiger partial charge on any atom is 0.419 e. The molecule has 3 aromatic carbocycles. The van der Waals surface area contributed by atoms with Gasteiger partial charge in [0.2, 0.25) is 5.54 Å². The SMILES string of the molecule is O=C(O)[C@](NNCc1ccccc1)(C(c1ccccc1)c1ccccc1)C(F)(F)F. The van der Waals surface area contributed by atoms with Gasteiger partial charge in [0.15, 0.2) is 0 Å². The van der Waals surface area contributed by atoms with Gasteiger partial charge < -0.3 is 5.11 Å². The number of aliphatic carboxylic acids is 1. The largest absolute Gasteiger partial charge is 0.480 e. The number of hydrazine groups is 1. The molecule has 3 aromatic rings. The van der Waals surface area contributed by atoms with Crippen LogP contribution in [0.4, 0.5) is 13.2 Å². The molecule has 7 heteroatoms. The number of carboxylic acids is 1. The zero-order valence-electron chi connectivity index (χ0n) is 15.9. The molecule has 4 nitrogen and oxygen atoms in total. The monoisotopic (exact) mass is 414 g/mol. The van der Waals surface area contributed by atoms with E-state index in [1.807, 2.05) is 0 Å². The summed E-state index contributed by atoms with van der Waals surface area (Å²) in [7, 11) is 0. The normalized spacial score (nSPS) is 13.7. The van der Waals surface area contributed by atoms with Crippen LogP contribution in [0.25, 0.3) is 0 Å². The van der Waals surface area contributed by atoms with Crippen molar-refractivity contribution in [2.75, 3.05) is 0 Å². The second-order valence-electron chi connectivity index (χ2n) is 6.83. The fourth-order valence-electron chi connectivity index (χ4n) is 3.47. The zero-order valence-corrected chi connectivity index (χ0v) is 15.9. The van der Waals surface area contributed by atoms with Crippen LogP contribution >= 0.6 is 0 Å². The van der Waals surface area contributed by atoms with E-state index in [0.29, 0.717) is 5.56 Å². The van der Waals surface area contributed by atoms with Gasteiger partial charge in [0, 0.05) is 12.5 Å². The summed E-state index contributed by atoms with van der Waals surface area (Å²) in [4.78, 5) is 12.3. The summed E-state index contributed by atoms with van der Waals surface area (Å²) >= 11 is 0.